The maximum absolute atomic E-state index is 11.2. The van der Waals surface area contributed by atoms with E-state index >= 15 is 0 Å². The minimum Gasteiger partial charge on any atom is -0.476 e. The van der Waals surface area contributed by atoms with Gasteiger partial charge in [-0.25, -0.2) is 0 Å². The average molecular weight is 287 g/mol. The molecule has 0 aliphatic heterocycles. The summed E-state index contributed by atoms with van der Waals surface area (Å²) in [5.41, 5.74) is 4.60. The molecule has 2 N–H and O–H groups in total. The summed E-state index contributed by atoms with van der Waals surface area (Å²) < 4.78 is 5.46. The van der Waals surface area contributed by atoms with Crippen molar-refractivity contribution in [3.8, 4) is 11.8 Å². The molecule has 1 aromatic rings. The van der Waals surface area contributed by atoms with E-state index in [-0.39, 0.29) is 17.2 Å². The molecule has 0 saturated heterocycles. The Hall–Kier alpha value is -1.44. The maximum atomic E-state index is 11.2. The molecule has 0 aliphatic rings. The number of hydrogen-bond acceptors (Lipinski definition) is 3. The topological polar surface area (TPSA) is 76.1 Å². The Balaban J connectivity index is 3.14. The van der Waals surface area contributed by atoms with E-state index in [9.17, 15) is 4.79 Å². The van der Waals surface area contributed by atoms with Gasteiger partial charge in [0.2, 0.25) is 0 Å². The molecule has 0 aliphatic carbocycles. The minimum absolute atomic E-state index is 0.128. The summed E-state index contributed by atoms with van der Waals surface area (Å²) in [5.74, 6) is -0.342. The Bertz CT molecular complexity index is 522. The second-order valence-corrected chi connectivity index (χ2v) is 5.00. The zero-order valence-electron chi connectivity index (χ0n) is 9.96. The van der Waals surface area contributed by atoms with Gasteiger partial charge in [-0.2, -0.15) is 5.26 Å². The van der Waals surface area contributed by atoms with Crippen molar-refractivity contribution in [1.29, 1.82) is 5.26 Å². The number of nitriles is 1. The molecule has 0 bridgehead atoms. The van der Waals surface area contributed by atoms with Gasteiger partial charge in [-0.05, 0) is 31.5 Å². The highest BCUT2D eigenvalue weighted by Gasteiger charge is 2.28. The Morgan fingerprint density at radius 2 is 2.06 bits per heavy atom. The molecule has 1 aromatic carbocycles. The summed E-state index contributed by atoms with van der Waals surface area (Å²) in [6.45, 7) is 3.06. The van der Waals surface area contributed by atoms with Gasteiger partial charge in [-0.3, -0.25) is 4.79 Å². The lowest BCUT2D eigenvalue weighted by Gasteiger charge is -2.23. The molecule has 1 amide bonds. The van der Waals surface area contributed by atoms with Crippen LogP contribution in [0.3, 0.4) is 0 Å². The molecule has 0 aromatic heterocycles. The number of hydrogen-bond donors (Lipinski definition) is 1. The van der Waals surface area contributed by atoms with Crippen LogP contribution in [0.25, 0.3) is 0 Å². The predicted molar refractivity (Wildman–Crippen MR) is 69.7 cm³/mol. The lowest BCUT2D eigenvalue weighted by molar-refractivity contribution is -0.130. The summed E-state index contributed by atoms with van der Waals surface area (Å²) in [5, 5.41) is 9.31. The molecule has 0 spiro atoms. The molecule has 0 heterocycles. The molecule has 0 unspecified atom stereocenters. The fraction of sp³-hybridized carbons (Fsp3) is 0.333. The third kappa shape index (κ3) is 3.28. The van der Waals surface area contributed by atoms with E-state index in [1.54, 1.807) is 6.07 Å². The number of amides is 1. The zero-order valence-corrected chi connectivity index (χ0v) is 11.5. The van der Waals surface area contributed by atoms with E-state index in [0.717, 1.165) is 0 Å². The van der Waals surface area contributed by atoms with Crippen molar-refractivity contribution in [2.24, 2.45) is 5.73 Å². The zero-order chi connectivity index (χ0) is 13.9. The number of rotatable bonds is 4. The summed E-state index contributed by atoms with van der Waals surface area (Å²) in [7, 11) is 0. The van der Waals surface area contributed by atoms with Gasteiger partial charge in [-0.15, -0.1) is 0 Å². The molecular weight excluding hydrogens is 275 g/mol. The van der Waals surface area contributed by atoms with Crippen LogP contribution in [0.4, 0.5) is 0 Å². The van der Waals surface area contributed by atoms with Crippen molar-refractivity contribution in [1.82, 2.24) is 0 Å². The second kappa shape index (κ2) is 5.47. The first-order chi connectivity index (χ1) is 8.27. The smallest absolute Gasteiger partial charge is 0.261 e. The standard InChI is InChI=1S/C12H12Cl2N2O2/c1-12(2,11(16)17)18-10-5-7(3-4-15)8(13)6-9(10)14/h5-6H,3H2,1-2H3,(H2,16,17). The first-order valence-electron chi connectivity index (χ1n) is 5.11. The lowest BCUT2D eigenvalue weighted by atomic mass is 10.1. The number of ether oxygens (including phenoxy) is 1. The van der Waals surface area contributed by atoms with Crippen molar-refractivity contribution < 1.29 is 9.53 Å². The van der Waals surface area contributed by atoms with Crippen LogP contribution in [0.1, 0.15) is 19.4 Å². The van der Waals surface area contributed by atoms with Gasteiger partial charge in [0.05, 0.1) is 17.5 Å². The van der Waals surface area contributed by atoms with E-state index < -0.39 is 11.5 Å². The van der Waals surface area contributed by atoms with E-state index in [1.165, 1.54) is 19.9 Å². The molecule has 1 rings (SSSR count). The Kier molecular flexibility index (Phi) is 4.44. The number of carbonyl (C=O) groups excluding carboxylic acids is 1. The number of nitrogens with zero attached hydrogens (tertiary/aromatic N) is 1. The van der Waals surface area contributed by atoms with Crippen LogP contribution in [0.15, 0.2) is 12.1 Å². The molecule has 0 radical (unpaired) electrons. The van der Waals surface area contributed by atoms with Gasteiger partial charge in [0.25, 0.3) is 5.91 Å². The Morgan fingerprint density at radius 1 is 1.44 bits per heavy atom. The van der Waals surface area contributed by atoms with Crippen LogP contribution in [-0.4, -0.2) is 11.5 Å². The summed E-state index contributed by atoms with van der Waals surface area (Å²) in [6.07, 6.45) is 0.128. The highest BCUT2D eigenvalue weighted by molar-refractivity contribution is 6.36. The van der Waals surface area contributed by atoms with Gasteiger partial charge < -0.3 is 10.5 Å². The summed E-state index contributed by atoms with van der Waals surface area (Å²) in [4.78, 5) is 11.2. The molecule has 96 valence electrons. The fourth-order valence-corrected chi connectivity index (χ4v) is 1.68. The van der Waals surface area contributed by atoms with Gasteiger partial charge in [0, 0.05) is 5.02 Å². The number of halogens is 2. The molecule has 0 saturated carbocycles. The van der Waals surface area contributed by atoms with Crippen molar-refractivity contribution in [3.05, 3.63) is 27.7 Å². The molecule has 0 atom stereocenters. The minimum atomic E-state index is -1.19. The number of carbonyl (C=O) groups is 1. The monoisotopic (exact) mass is 286 g/mol. The SMILES string of the molecule is CC(C)(Oc1cc(CC#N)c(Cl)cc1Cl)C(N)=O. The number of primary amides is 1. The highest BCUT2D eigenvalue weighted by Crippen LogP contribution is 2.33. The summed E-state index contributed by atoms with van der Waals surface area (Å²) in [6, 6.07) is 5.00. The van der Waals surface area contributed by atoms with Gasteiger partial charge in [0.15, 0.2) is 5.60 Å². The summed E-state index contributed by atoms with van der Waals surface area (Å²) >= 11 is 11.9. The Labute approximate surface area is 115 Å². The molecule has 18 heavy (non-hydrogen) atoms. The van der Waals surface area contributed by atoms with E-state index in [4.69, 9.17) is 38.9 Å². The predicted octanol–water partition coefficient (Wildman–Crippen LogP) is 2.70. The van der Waals surface area contributed by atoms with Crippen molar-refractivity contribution in [2.75, 3.05) is 0 Å². The van der Waals surface area contributed by atoms with Crippen LogP contribution in [0.5, 0.6) is 5.75 Å². The maximum Gasteiger partial charge on any atom is 0.261 e. The quantitative estimate of drug-likeness (QED) is 0.925. The van der Waals surface area contributed by atoms with Crippen LogP contribution in [0.2, 0.25) is 10.0 Å². The van der Waals surface area contributed by atoms with Crippen molar-refractivity contribution >= 4 is 29.1 Å². The third-order valence-electron chi connectivity index (χ3n) is 2.33. The second-order valence-electron chi connectivity index (χ2n) is 4.19. The normalized spacial score (nSPS) is 10.8. The van der Waals surface area contributed by atoms with E-state index in [2.05, 4.69) is 0 Å². The average Bonchev–Trinajstić information content (AvgIpc) is 2.24. The van der Waals surface area contributed by atoms with Crippen molar-refractivity contribution in [2.45, 2.75) is 25.9 Å². The molecule has 4 nitrogen and oxygen atoms in total. The third-order valence-corrected chi connectivity index (χ3v) is 2.98. The first-order valence-corrected chi connectivity index (χ1v) is 5.87. The molecule has 6 heteroatoms. The van der Waals surface area contributed by atoms with Crippen LogP contribution in [-0.2, 0) is 11.2 Å². The van der Waals surface area contributed by atoms with E-state index in [0.29, 0.717) is 10.6 Å². The van der Waals surface area contributed by atoms with Crippen LogP contribution >= 0.6 is 23.2 Å². The Morgan fingerprint density at radius 3 is 2.56 bits per heavy atom. The molecule has 0 fully saturated rings. The van der Waals surface area contributed by atoms with Gasteiger partial charge in [-0.1, -0.05) is 23.2 Å². The van der Waals surface area contributed by atoms with Crippen LogP contribution < -0.4 is 10.5 Å². The van der Waals surface area contributed by atoms with Crippen LogP contribution in [0, 0.1) is 11.3 Å². The van der Waals surface area contributed by atoms with Gasteiger partial charge >= 0.3 is 0 Å². The van der Waals surface area contributed by atoms with Gasteiger partial charge in [0.1, 0.15) is 5.75 Å². The number of nitrogens with two attached hydrogens (primary N) is 1. The highest BCUT2D eigenvalue weighted by atomic mass is 35.5. The fourth-order valence-electron chi connectivity index (χ4n) is 1.20. The lowest BCUT2D eigenvalue weighted by Crippen LogP contribution is -2.43. The first kappa shape index (κ1) is 14.6. The largest absolute Gasteiger partial charge is 0.476 e. The number of benzene rings is 1. The molecular formula is C12H12Cl2N2O2. The van der Waals surface area contributed by atoms with Crippen molar-refractivity contribution in [3.63, 3.8) is 0 Å². The van der Waals surface area contributed by atoms with E-state index in [1.807, 2.05) is 6.07 Å².